The van der Waals surface area contributed by atoms with Gasteiger partial charge in [0.2, 0.25) is 6.79 Å². The number of rotatable bonds is 3. The second-order valence-electron chi connectivity index (χ2n) is 3.23. The van der Waals surface area contributed by atoms with Gasteiger partial charge in [0.15, 0.2) is 11.5 Å². The number of carboxylic acids is 1. The molecule has 0 spiro atoms. The van der Waals surface area contributed by atoms with Gasteiger partial charge in [-0.25, -0.2) is 0 Å². The highest BCUT2D eigenvalue weighted by atomic mass is 16.7. The van der Waals surface area contributed by atoms with Crippen molar-refractivity contribution in [2.75, 3.05) is 6.79 Å². The van der Waals surface area contributed by atoms with Crippen molar-refractivity contribution in [1.82, 2.24) is 0 Å². The van der Waals surface area contributed by atoms with E-state index in [1.807, 2.05) is 0 Å². The van der Waals surface area contributed by atoms with Crippen molar-refractivity contribution in [3.05, 3.63) is 23.8 Å². The fourth-order valence-corrected chi connectivity index (χ4v) is 1.37. The molecule has 1 aliphatic heterocycles. The van der Waals surface area contributed by atoms with E-state index < -0.39 is 12.1 Å². The molecule has 2 rings (SSSR count). The molecule has 80 valence electrons. The maximum Gasteiger partial charge on any atom is 0.231 e. The molecule has 0 aliphatic carbocycles. The predicted molar refractivity (Wildman–Crippen MR) is 47.3 cm³/mol. The number of aliphatic hydroxyl groups excluding tert-OH is 1. The summed E-state index contributed by atoms with van der Waals surface area (Å²) >= 11 is 0. The Morgan fingerprint density at radius 3 is 2.93 bits per heavy atom. The molecule has 5 nitrogen and oxygen atoms in total. The van der Waals surface area contributed by atoms with Gasteiger partial charge in [-0.3, -0.25) is 0 Å². The lowest BCUT2D eigenvalue weighted by Crippen LogP contribution is -2.36. The first-order chi connectivity index (χ1) is 7.16. The third kappa shape index (κ3) is 2.02. The molecular formula is C10H9O5-. The third-order valence-corrected chi connectivity index (χ3v) is 2.14. The Balaban J connectivity index is 2.13. The van der Waals surface area contributed by atoms with E-state index in [9.17, 15) is 9.90 Å². The van der Waals surface area contributed by atoms with Gasteiger partial charge in [0.25, 0.3) is 0 Å². The molecule has 0 radical (unpaired) electrons. The van der Waals surface area contributed by atoms with Gasteiger partial charge in [0, 0.05) is 6.42 Å². The Kier molecular flexibility index (Phi) is 2.47. The highest BCUT2D eigenvalue weighted by Crippen LogP contribution is 2.32. The molecule has 0 fully saturated rings. The van der Waals surface area contributed by atoms with Crippen molar-refractivity contribution in [3.63, 3.8) is 0 Å². The van der Waals surface area contributed by atoms with Gasteiger partial charge < -0.3 is 24.5 Å². The van der Waals surface area contributed by atoms with Crippen LogP contribution in [0.4, 0.5) is 0 Å². The molecule has 1 unspecified atom stereocenters. The summed E-state index contributed by atoms with van der Waals surface area (Å²) in [5.74, 6) is -0.285. The average molecular weight is 209 g/mol. The predicted octanol–water partition coefficient (Wildman–Crippen LogP) is -0.931. The molecular weight excluding hydrogens is 200 g/mol. The maximum atomic E-state index is 10.3. The van der Waals surface area contributed by atoms with Crippen LogP contribution in [0.2, 0.25) is 0 Å². The van der Waals surface area contributed by atoms with E-state index in [4.69, 9.17) is 14.6 Å². The van der Waals surface area contributed by atoms with Crippen molar-refractivity contribution >= 4 is 5.97 Å². The molecule has 0 amide bonds. The molecule has 0 aromatic heterocycles. The Morgan fingerprint density at radius 2 is 2.20 bits per heavy atom. The number of fused-ring (bicyclic) bond motifs is 1. The number of carbonyl (C=O) groups is 1. The van der Waals surface area contributed by atoms with Crippen LogP contribution in [0.1, 0.15) is 5.56 Å². The quantitative estimate of drug-likeness (QED) is 0.695. The number of benzene rings is 1. The van der Waals surface area contributed by atoms with Crippen LogP contribution in [-0.2, 0) is 11.2 Å². The zero-order valence-electron chi connectivity index (χ0n) is 7.80. The van der Waals surface area contributed by atoms with Gasteiger partial charge in [-0.05, 0) is 17.7 Å². The van der Waals surface area contributed by atoms with E-state index in [0.29, 0.717) is 17.1 Å². The van der Waals surface area contributed by atoms with Gasteiger partial charge in [0.05, 0.1) is 12.1 Å². The summed E-state index contributed by atoms with van der Waals surface area (Å²) in [6.07, 6.45) is -1.50. The lowest BCUT2D eigenvalue weighted by atomic mass is 10.1. The molecule has 1 N–H and O–H groups in total. The van der Waals surface area contributed by atoms with E-state index in [1.165, 1.54) is 0 Å². The summed E-state index contributed by atoms with van der Waals surface area (Å²) in [4.78, 5) is 10.3. The summed E-state index contributed by atoms with van der Waals surface area (Å²) in [6, 6.07) is 5.01. The van der Waals surface area contributed by atoms with Crippen LogP contribution >= 0.6 is 0 Å². The van der Waals surface area contributed by atoms with E-state index in [2.05, 4.69) is 0 Å². The Hall–Kier alpha value is -1.75. The van der Waals surface area contributed by atoms with Crippen LogP contribution in [0.3, 0.4) is 0 Å². The highest BCUT2D eigenvalue weighted by molar-refractivity contribution is 5.70. The van der Waals surface area contributed by atoms with Crippen molar-refractivity contribution in [2.24, 2.45) is 0 Å². The fraction of sp³-hybridized carbons (Fsp3) is 0.300. The summed E-state index contributed by atoms with van der Waals surface area (Å²) in [5, 5.41) is 19.4. The number of hydrogen-bond donors (Lipinski definition) is 1. The van der Waals surface area contributed by atoms with E-state index in [0.717, 1.165) is 0 Å². The largest absolute Gasteiger partial charge is 0.547 e. The van der Waals surface area contributed by atoms with Gasteiger partial charge in [0.1, 0.15) is 0 Å². The highest BCUT2D eigenvalue weighted by Gasteiger charge is 2.14. The molecule has 1 aromatic rings. The topological polar surface area (TPSA) is 78.8 Å². The number of aliphatic hydroxyl groups is 1. The Bertz CT molecular complexity index is 387. The third-order valence-electron chi connectivity index (χ3n) is 2.14. The first-order valence-corrected chi connectivity index (χ1v) is 4.44. The molecule has 1 aromatic carbocycles. The van der Waals surface area contributed by atoms with Crippen LogP contribution in [-0.4, -0.2) is 24.0 Å². The minimum atomic E-state index is -1.50. The van der Waals surface area contributed by atoms with Gasteiger partial charge >= 0.3 is 0 Å². The molecule has 0 bridgehead atoms. The van der Waals surface area contributed by atoms with Crippen LogP contribution < -0.4 is 14.6 Å². The standard InChI is InChI=1S/C10H10O5/c11-7(10(12)13)3-6-1-2-8-9(4-6)15-5-14-8/h1-2,4,7,11H,3,5H2,(H,12,13)/p-1. The average Bonchev–Trinajstić information content (AvgIpc) is 2.64. The first-order valence-electron chi connectivity index (χ1n) is 4.44. The number of hydrogen-bond acceptors (Lipinski definition) is 5. The van der Waals surface area contributed by atoms with E-state index in [-0.39, 0.29) is 13.2 Å². The summed E-state index contributed by atoms with van der Waals surface area (Å²) < 4.78 is 10.2. The lowest BCUT2D eigenvalue weighted by Gasteiger charge is -2.11. The summed E-state index contributed by atoms with van der Waals surface area (Å²) in [7, 11) is 0. The smallest absolute Gasteiger partial charge is 0.231 e. The lowest BCUT2D eigenvalue weighted by molar-refractivity contribution is -0.314. The van der Waals surface area contributed by atoms with Crippen LogP contribution in [0, 0.1) is 0 Å². The zero-order chi connectivity index (χ0) is 10.8. The van der Waals surface area contributed by atoms with E-state index >= 15 is 0 Å². The van der Waals surface area contributed by atoms with E-state index in [1.54, 1.807) is 18.2 Å². The van der Waals surface area contributed by atoms with Crippen molar-refractivity contribution in [1.29, 1.82) is 0 Å². The van der Waals surface area contributed by atoms with Crippen molar-refractivity contribution in [3.8, 4) is 11.5 Å². The SMILES string of the molecule is O=C([O-])C(O)Cc1ccc2c(c1)OCO2. The van der Waals surface area contributed by atoms with Gasteiger partial charge in [-0.2, -0.15) is 0 Å². The molecule has 1 aliphatic rings. The maximum absolute atomic E-state index is 10.3. The minimum absolute atomic E-state index is 0.00102. The van der Waals surface area contributed by atoms with Crippen molar-refractivity contribution < 1.29 is 24.5 Å². The summed E-state index contributed by atoms with van der Waals surface area (Å²) in [6.45, 7) is 0.168. The van der Waals surface area contributed by atoms with Gasteiger partial charge in [-0.15, -0.1) is 0 Å². The van der Waals surface area contributed by atoms with Gasteiger partial charge in [-0.1, -0.05) is 6.07 Å². The fourth-order valence-electron chi connectivity index (χ4n) is 1.37. The minimum Gasteiger partial charge on any atom is -0.547 e. The molecule has 1 heterocycles. The number of carbonyl (C=O) groups excluding carboxylic acids is 1. The molecule has 15 heavy (non-hydrogen) atoms. The Labute approximate surface area is 85.9 Å². The monoisotopic (exact) mass is 209 g/mol. The normalized spacial score (nSPS) is 15.0. The van der Waals surface area contributed by atoms with Crippen LogP contribution in [0.25, 0.3) is 0 Å². The second kappa shape index (κ2) is 3.78. The number of ether oxygens (including phenoxy) is 2. The Morgan fingerprint density at radius 1 is 1.47 bits per heavy atom. The molecule has 5 heteroatoms. The number of carboxylic acid groups (broad SMARTS) is 1. The number of aliphatic carboxylic acids is 1. The second-order valence-corrected chi connectivity index (χ2v) is 3.23. The van der Waals surface area contributed by atoms with Crippen LogP contribution in [0.15, 0.2) is 18.2 Å². The van der Waals surface area contributed by atoms with Crippen LogP contribution in [0.5, 0.6) is 11.5 Å². The molecule has 1 atom stereocenters. The van der Waals surface area contributed by atoms with Crippen molar-refractivity contribution in [2.45, 2.75) is 12.5 Å². The molecule has 0 saturated heterocycles. The first kappa shape index (κ1) is 9.79. The summed E-state index contributed by atoms with van der Waals surface area (Å²) in [5.41, 5.74) is 0.663. The zero-order valence-corrected chi connectivity index (χ0v) is 7.80. The molecule has 0 saturated carbocycles.